The van der Waals surface area contributed by atoms with Gasteiger partial charge in [0.05, 0.1) is 23.0 Å². The second-order valence-corrected chi connectivity index (χ2v) is 5.45. The molecule has 0 atom stereocenters. The number of pyridine rings is 1. The van der Waals surface area contributed by atoms with Crippen molar-refractivity contribution in [3.05, 3.63) is 53.3 Å². The first kappa shape index (κ1) is 13.7. The Hall–Kier alpha value is -2.27. The van der Waals surface area contributed by atoms with E-state index in [0.717, 1.165) is 32.4 Å². The number of nitrogen functional groups attached to an aromatic ring is 1. The predicted molar refractivity (Wildman–Crippen MR) is 90.1 cm³/mol. The quantitative estimate of drug-likeness (QED) is 0.694. The Bertz CT molecular complexity index is 805. The maximum atomic E-state index is 6.24. The molecule has 3 rings (SSSR count). The molecule has 1 aromatic heterocycles. The van der Waals surface area contributed by atoms with Crippen molar-refractivity contribution >= 4 is 43.8 Å². The van der Waals surface area contributed by atoms with Crippen molar-refractivity contribution in [1.29, 1.82) is 0 Å². The fourth-order valence-electron chi connectivity index (χ4n) is 2.19. The van der Waals surface area contributed by atoms with E-state index < -0.39 is 0 Å². The molecule has 0 fully saturated rings. The third-order valence-electron chi connectivity index (χ3n) is 3.29. The topological polar surface area (TPSA) is 60.2 Å². The highest BCUT2D eigenvalue weighted by Gasteiger charge is 2.06. The Morgan fingerprint density at radius 3 is 2.86 bits per heavy atom. The van der Waals surface area contributed by atoms with Crippen LogP contribution < -0.4 is 15.8 Å². The molecule has 21 heavy (non-hydrogen) atoms. The van der Waals surface area contributed by atoms with E-state index in [1.54, 1.807) is 19.5 Å². The van der Waals surface area contributed by atoms with Crippen molar-refractivity contribution in [2.45, 2.75) is 0 Å². The van der Waals surface area contributed by atoms with Crippen LogP contribution in [0.3, 0.4) is 0 Å². The van der Waals surface area contributed by atoms with E-state index in [9.17, 15) is 0 Å². The first-order valence-electron chi connectivity index (χ1n) is 6.42. The molecule has 0 aliphatic heterocycles. The fourth-order valence-corrected chi connectivity index (χ4v) is 2.60. The molecule has 0 unspecified atom stereocenters. The van der Waals surface area contributed by atoms with Crippen LogP contribution in [0.5, 0.6) is 5.75 Å². The lowest BCUT2D eigenvalue weighted by molar-refractivity contribution is 0.412. The number of methoxy groups -OCH3 is 1. The second kappa shape index (κ2) is 5.61. The summed E-state index contributed by atoms with van der Waals surface area (Å²) in [5.74, 6) is 0.767. The van der Waals surface area contributed by atoms with Gasteiger partial charge in [-0.15, -0.1) is 0 Å². The van der Waals surface area contributed by atoms with Crippen molar-refractivity contribution in [2.75, 3.05) is 18.2 Å². The minimum Gasteiger partial charge on any atom is -0.495 e. The highest BCUT2D eigenvalue weighted by molar-refractivity contribution is 9.10. The van der Waals surface area contributed by atoms with E-state index in [2.05, 4.69) is 26.2 Å². The fraction of sp³-hybridized carbons (Fsp3) is 0.0625. The number of ether oxygens (including phenoxy) is 1. The zero-order valence-electron chi connectivity index (χ0n) is 11.4. The molecule has 3 N–H and O–H groups in total. The zero-order chi connectivity index (χ0) is 14.8. The lowest BCUT2D eigenvalue weighted by Crippen LogP contribution is -1.98. The largest absolute Gasteiger partial charge is 0.495 e. The highest BCUT2D eigenvalue weighted by Crippen LogP contribution is 2.33. The molecule has 0 spiro atoms. The van der Waals surface area contributed by atoms with E-state index >= 15 is 0 Å². The average Bonchev–Trinajstić information content (AvgIpc) is 2.52. The molecule has 0 amide bonds. The maximum Gasteiger partial charge on any atom is 0.135 e. The summed E-state index contributed by atoms with van der Waals surface area (Å²) < 4.78 is 6.21. The Labute approximate surface area is 131 Å². The highest BCUT2D eigenvalue weighted by atomic mass is 79.9. The van der Waals surface area contributed by atoms with Gasteiger partial charge in [0.15, 0.2) is 0 Å². The van der Waals surface area contributed by atoms with Gasteiger partial charge in [0.1, 0.15) is 5.75 Å². The molecule has 0 saturated carbocycles. The monoisotopic (exact) mass is 343 g/mol. The van der Waals surface area contributed by atoms with Crippen LogP contribution in [0.4, 0.5) is 17.1 Å². The van der Waals surface area contributed by atoms with Gasteiger partial charge in [-0.2, -0.15) is 0 Å². The van der Waals surface area contributed by atoms with Gasteiger partial charge in [0, 0.05) is 34.9 Å². The molecule has 1 heterocycles. The SMILES string of the molecule is COc1cc(Nc2ccc3cnccc3c2N)ccc1Br. The number of aromatic nitrogens is 1. The minimum atomic E-state index is 0.705. The number of anilines is 3. The number of hydrogen-bond acceptors (Lipinski definition) is 4. The Morgan fingerprint density at radius 2 is 2.05 bits per heavy atom. The van der Waals surface area contributed by atoms with E-state index in [1.165, 1.54) is 0 Å². The first-order chi connectivity index (χ1) is 10.2. The van der Waals surface area contributed by atoms with Gasteiger partial charge in [-0.25, -0.2) is 0 Å². The van der Waals surface area contributed by atoms with Crippen molar-refractivity contribution in [3.63, 3.8) is 0 Å². The number of fused-ring (bicyclic) bond motifs is 1. The van der Waals surface area contributed by atoms with Gasteiger partial charge < -0.3 is 15.8 Å². The molecule has 3 aromatic rings. The number of rotatable bonds is 3. The molecule has 0 radical (unpaired) electrons. The number of nitrogens with one attached hydrogen (secondary N) is 1. The summed E-state index contributed by atoms with van der Waals surface area (Å²) in [4.78, 5) is 4.10. The van der Waals surface area contributed by atoms with Gasteiger partial charge in [-0.05, 0) is 40.2 Å². The molecule has 2 aromatic carbocycles. The third-order valence-corrected chi connectivity index (χ3v) is 3.95. The van der Waals surface area contributed by atoms with Crippen molar-refractivity contribution in [2.24, 2.45) is 0 Å². The number of nitrogens with zero attached hydrogens (tertiary/aromatic N) is 1. The van der Waals surface area contributed by atoms with E-state index in [1.807, 2.05) is 36.4 Å². The molecule has 0 saturated heterocycles. The van der Waals surface area contributed by atoms with E-state index in [4.69, 9.17) is 10.5 Å². The average molecular weight is 344 g/mol. The van der Waals surface area contributed by atoms with Crippen LogP contribution in [0.2, 0.25) is 0 Å². The van der Waals surface area contributed by atoms with Gasteiger partial charge in [0.25, 0.3) is 0 Å². The van der Waals surface area contributed by atoms with Crippen molar-refractivity contribution in [1.82, 2.24) is 4.98 Å². The summed E-state index contributed by atoms with van der Waals surface area (Å²) in [6.07, 6.45) is 3.54. The summed E-state index contributed by atoms with van der Waals surface area (Å²) in [6, 6.07) is 11.7. The Balaban J connectivity index is 2.00. The summed E-state index contributed by atoms with van der Waals surface area (Å²) in [5, 5.41) is 5.33. The standard InChI is InChI=1S/C16H14BrN3O/c1-21-15-8-11(3-4-13(15)17)20-14-5-2-10-9-19-7-6-12(10)16(14)18/h2-9,20H,18H2,1H3. The van der Waals surface area contributed by atoms with Crippen LogP contribution in [0.25, 0.3) is 10.8 Å². The van der Waals surface area contributed by atoms with Crippen LogP contribution >= 0.6 is 15.9 Å². The molecule has 0 aliphatic carbocycles. The van der Waals surface area contributed by atoms with Crippen LogP contribution in [0.1, 0.15) is 0 Å². The molecular weight excluding hydrogens is 330 g/mol. The second-order valence-electron chi connectivity index (χ2n) is 4.60. The normalized spacial score (nSPS) is 10.6. The summed E-state index contributed by atoms with van der Waals surface area (Å²) in [6.45, 7) is 0. The van der Waals surface area contributed by atoms with Gasteiger partial charge in [0.2, 0.25) is 0 Å². The third kappa shape index (κ3) is 2.64. The molecule has 0 aliphatic rings. The Morgan fingerprint density at radius 1 is 1.19 bits per heavy atom. The number of benzene rings is 2. The number of hydrogen-bond donors (Lipinski definition) is 2. The Kier molecular flexibility index (Phi) is 3.66. The van der Waals surface area contributed by atoms with Crippen LogP contribution in [0.15, 0.2) is 53.3 Å². The molecule has 4 nitrogen and oxygen atoms in total. The number of nitrogens with two attached hydrogens (primary N) is 1. The maximum absolute atomic E-state index is 6.24. The van der Waals surface area contributed by atoms with Crippen molar-refractivity contribution in [3.8, 4) is 5.75 Å². The summed E-state index contributed by atoms with van der Waals surface area (Å²) in [5.41, 5.74) is 8.71. The number of halogens is 1. The van der Waals surface area contributed by atoms with Gasteiger partial charge in [-0.1, -0.05) is 6.07 Å². The van der Waals surface area contributed by atoms with Crippen LogP contribution in [0, 0.1) is 0 Å². The lowest BCUT2D eigenvalue weighted by Gasteiger charge is -2.13. The molecule has 5 heteroatoms. The van der Waals surface area contributed by atoms with Gasteiger partial charge in [-0.3, -0.25) is 4.98 Å². The predicted octanol–water partition coefficient (Wildman–Crippen LogP) is 4.33. The zero-order valence-corrected chi connectivity index (χ0v) is 13.0. The molecular formula is C16H14BrN3O. The molecule has 106 valence electrons. The summed E-state index contributed by atoms with van der Waals surface area (Å²) in [7, 11) is 1.64. The van der Waals surface area contributed by atoms with E-state index in [0.29, 0.717) is 5.69 Å². The first-order valence-corrected chi connectivity index (χ1v) is 7.21. The van der Waals surface area contributed by atoms with Gasteiger partial charge >= 0.3 is 0 Å². The van der Waals surface area contributed by atoms with Crippen molar-refractivity contribution < 1.29 is 4.74 Å². The van der Waals surface area contributed by atoms with E-state index in [-0.39, 0.29) is 0 Å². The minimum absolute atomic E-state index is 0.705. The smallest absolute Gasteiger partial charge is 0.135 e. The summed E-state index contributed by atoms with van der Waals surface area (Å²) >= 11 is 3.44. The lowest BCUT2D eigenvalue weighted by atomic mass is 10.1. The molecule has 0 bridgehead atoms. The van der Waals surface area contributed by atoms with Crippen LogP contribution in [-0.4, -0.2) is 12.1 Å². The van der Waals surface area contributed by atoms with Crippen LogP contribution in [-0.2, 0) is 0 Å².